The maximum Gasteiger partial charge on any atom is 0.267 e. The van der Waals surface area contributed by atoms with Gasteiger partial charge >= 0.3 is 0 Å². The van der Waals surface area contributed by atoms with Crippen molar-refractivity contribution in [3.05, 3.63) is 63.8 Å². The van der Waals surface area contributed by atoms with E-state index in [9.17, 15) is 4.79 Å². The molecule has 0 radical (unpaired) electrons. The van der Waals surface area contributed by atoms with Gasteiger partial charge in [0.1, 0.15) is 10.7 Å². The predicted molar refractivity (Wildman–Crippen MR) is 98.5 cm³/mol. The summed E-state index contributed by atoms with van der Waals surface area (Å²) in [4.78, 5) is 21.3. The summed E-state index contributed by atoms with van der Waals surface area (Å²) >= 11 is 7.07. The first-order valence-electron chi connectivity index (χ1n) is 7.25. The van der Waals surface area contributed by atoms with Crippen LogP contribution in [0, 0.1) is 13.8 Å². The van der Waals surface area contributed by atoms with E-state index in [-0.39, 0.29) is 5.91 Å². The Bertz CT molecular complexity index is 856. The number of carbonyl (C=O) groups is 1. The Morgan fingerprint density at radius 1 is 1.08 bits per heavy atom. The molecule has 0 atom stereocenters. The van der Waals surface area contributed by atoms with Crippen molar-refractivity contribution in [2.75, 3.05) is 10.6 Å². The van der Waals surface area contributed by atoms with Gasteiger partial charge in [-0.05, 0) is 37.1 Å². The zero-order chi connectivity index (χ0) is 17.1. The van der Waals surface area contributed by atoms with Gasteiger partial charge in [0.15, 0.2) is 5.13 Å². The van der Waals surface area contributed by atoms with Crippen molar-refractivity contribution in [3.8, 4) is 0 Å². The first kappa shape index (κ1) is 16.4. The van der Waals surface area contributed by atoms with Crippen LogP contribution in [0.4, 0.5) is 16.6 Å². The van der Waals surface area contributed by atoms with E-state index < -0.39 is 0 Å². The third-order valence-electron chi connectivity index (χ3n) is 3.41. The fraction of sp³-hybridized carbons (Fsp3) is 0.118. The Morgan fingerprint density at radius 2 is 1.83 bits per heavy atom. The number of hydrogen-bond acceptors (Lipinski definition) is 5. The quantitative estimate of drug-likeness (QED) is 0.702. The third-order valence-corrected chi connectivity index (χ3v) is 4.55. The minimum atomic E-state index is -0.179. The second-order valence-electron chi connectivity index (χ2n) is 5.24. The molecule has 1 amide bonds. The molecule has 3 rings (SSSR count). The van der Waals surface area contributed by atoms with Gasteiger partial charge < -0.3 is 10.6 Å². The van der Waals surface area contributed by atoms with E-state index in [0.29, 0.717) is 20.8 Å². The van der Waals surface area contributed by atoms with Gasteiger partial charge in [-0.3, -0.25) is 4.79 Å². The van der Waals surface area contributed by atoms with Crippen LogP contribution in [0.2, 0.25) is 5.02 Å². The summed E-state index contributed by atoms with van der Waals surface area (Å²) in [5.74, 6) is 0.442. The summed E-state index contributed by atoms with van der Waals surface area (Å²) in [7, 11) is 0. The minimum Gasteiger partial charge on any atom is -0.321 e. The van der Waals surface area contributed by atoms with E-state index in [0.717, 1.165) is 16.8 Å². The highest BCUT2D eigenvalue weighted by atomic mass is 35.5. The number of thiazole rings is 1. The number of nitrogens with zero attached hydrogens (tertiary/aromatic N) is 2. The van der Waals surface area contributed by atoms with Crippen LogP contribution in [-0.4, -0.2) is 15.9 Å². The number of nitrogens with one attached hydrogen (secondary N) is 2. The van der Waals surface area contributed by atoms with E-state index in [1.807, 2.05) is 32.0 Å². The SMILES string of the molecule is Cc1cccc(C)c1NC(=O)c1cnc(Nc2ccc(Cl)cn2)s1. The van der Waals surface area contributed by atoms with Crippen LogP contribution in [-0.2, 0) is 0 Å². The number of hydrogen-bond donors (Lipinski definition) is 2. The number of carbonyl (C=O) groups excluding carboxylic acids is 1. The molecule has 0 spiro atoms. The summed E-state index contributed by atoms with van der Waals surface area (Å²) in [5.41, 5.74) is 2.89. The fourth-order valence-corrected chi connectivity index (χ4v) is 3.01. The van der Waals surface area contributed by atoms with Crippen molar-refractivity contribution in [1.29, 1.82) is 0 Å². The number of rotatable bonds is 4. The van der Waals surface area contributed by atoms with Gasteiger partial charge in [0.2, 0.25) is 0 Å². The molecule has 0 saturated heterocycles. The molecule has 122 valence electrons. The Hall–Kier alpha value is -2.44. The van der Waals surface area contributed by atoms with Crippen molar-refractivity contribution in [2.45, 2.75) is 13.8 Å². The first-order chi connectivity index (χ1) is 11.5. The third kappa shape index (κ3) is 3.72. The number of benzene rings is 1. The highest BCUT2D eigenvalue weighted by molar-refractivity contribution is 7.17. The van der Waals surface area contributed by atoms with Crippen molar-refractivity contribution < 1.29 is 4.79 Å². The average Bonchev–Trinajstić information content (AvgIpc) is 3.02. The zero-order valence-corrected chi connectivity index (χ0v) is 14.7. The smallest absolute Gasteiger partial charge is 0.267 e. The summed E-state index contributed by atoms with van der Waals surface area (Å²) in [5, 5.41) is 7.16. The lowest BCUT2D eigenvalue weighted by Crippen LogP contribution is -2.12. The number of amides is 1. The highest BCUT2D eigenvalue weighted by Gasteiger charge is 2.13. The molecule has 3 aromatic rings. The number of para-hydroxylation sites is 1. The number of aryl methyl sites for hydroxylation is 2. The Balaban J connectivity index is 1.73. The summed E-state index contributed by atoms with van der Waals surface area (Å²) in [6.45, 7) is 3.93. The Morgan fingerprint density at radius 3 is 2.50 bits per heavy atom. The van der Waals surface area contributed by atoms with Crippen molar-refractivity contribution in [3.63, 3.8) is 0 Å². The van der Waals surface area contributed by atoms with Gasteiger partial charge in [-0.1, -0.05) is 41.1 Å². The molecule has 0 fully saturated rings. The van der Waals surface area contributed by atoms with Gasteiger partial charge in [0.05, 0.1) is 11.2 Å². The lowest BCUT2D eigenvalue weighted by molar-refractivity contribution is 0.103. The first-order valence-corrected chi connectivity index (χ1v) is 8.44. The predicted octanol–water partition coefficient (Wildman–Crippen LogP) is 4.80. The van der Waals surface area contributed by atoms with E-state index in [2.05, 4.69) is 20.6 Å². The van der Waals surface area contributed by atoms with Gasteiger partial charge in [0.25, 0.3) is 5.91 Å². The molecule has 2 heterocycles. The van der Waals surface area contributed by atoms with Crippen LogP contribution in [0.1, 0.15) is 20.8 Å². The van der Waals surface area contributed by atoms with Crippen LogP contribution in [0.25, 0.3) is 0 Å². The molecular formula is C17H15ClN4OS. The molecular weight excluding hydrogens is 344 g/mol. The monoisotopic (exact) mass is 358 g/mol. The van der Waals surface area contributed by atoms with Crippen LogP contribution in [0.5, 0.6) is 0 Å². The van der Waals surface area contributed by atoms with Gasteiger partial charge in [-0.25, -0.2) is 9.97 Å². The maximum atomic E-state index is 12.4. The fourth-order valence-electron chi connectivity index (χ4n) is 2.18. The van der Waals surface area contributed by atoms with Crippen LogP contribution in [0.3, 0.4) is 0 Å². The maximum absolute atomic E-state index is 12.4. The van der Waals surface area contributed by atoms with Crippen LogP contribution >= 0.6 is 22.9 Å². The summed E-state index contributed by atoms with van der Waals surface area (Å²) in [6, 6.07) is 9.39. The Labute approximate surface area is 148 Å². The second kappa shape index (κ2) is 6.98. The zero-order valence-electron chi connectivity index (χ0n) is 13.1. The van der Waals surface area contributed by atoms with E-state index in [4.69, 9.17) is 11.6 Å². The molecule has 0 saturated carbocycles. The Kier molecular flexibility index (Phi) is 4.78. The molecule has 0 unspecified atom stereocenters. The molecule has 0 aliphatic rings. The van der Waals surface area contributed by atoms with Crippen LogP contribution in [0.15, 0.2) is 42.7 Å². The molecule has 0 bridgehead atoms. The van der Waals surface area contributed by atoms with E-state index in [1.165, 1.54) is 11.3 Å². The van der Waals surface area contributed by atoms with Gasteiger partial charge in [-0.2, -0.15) is 0 Å². The molecule has 24 heavy (non-hydrogen) atoms. The second-order valence-corrected chi connectivity index (χ2v) is 6.70. The van der Waals surface area contributed by atoms with Crippen molar-refractivity contribution >= 4 is 45.5 Å². The number of aromatic nitrogens is 2. The molecule has 0 aliphatic heterocycles. The van der Waals surface area contributed by atoms with Crippen molar-refractivity contribution in [2.24, 2.45) is 0 Å². The number of halogens is 1. The van der Waals surface area contributed by atoms with E-state index >= 15 is 0 Å². The molecule has 5 nitrogen and oxygen atoms in total. The summed E-state index contributed by atoms with van der Waals surface area (Å²) < 4.78 is 0. The largest absolute Gasteiger partial charge is 0.321 e. The topological polar surface area (TPSA) is 66.9 Å². The van der Waals surface area contributed by atoms with E-state index in [1.54, 1.807) is 24.5 Å². The highest BCUT2D eigenvalue weighted by Crippen LogP contribution is 2.25. The normalized spacial score (nSPS) is 10.5. The van der Waals surface area contributed by atoms with Crippen LogP contribution < -0.4 is 10.6 Å². The molecule has 2 N–H and O–H groups in total. The minimum absolute atomic E-state index is 0.179. The number of anilines is 3. The standard InChI is InChI=1S/C17H15ClN4OS/c1-10-4-3-5-11(2)15(10)22-16(23)13-9-20-17(24-13)21-14-7-6-12(18)8-19-14/h3-9H,1-2H3,(H,22,23)(H,19,20,21). The number of pyridine rings is 1. The molecule has 1 aromatic carbocycles. The lowest BCUT2D eigenvalue weighted by atomic mass is 10.1. The average molecular weight is 359 g/mol. The molecule has 7 heteroatoms. The van der Waals surface area contributed by atoms with Crippen molar-refractivity contribution in [1.82, 2.24) is 9.97 Å². The van der Waals surface area contributed by atoms with Gasteiger partial charge in [-0.15, -0.1) is 0 Å². The molecule has 2 aromatic heterocycles. The molecule has 0 aliphatic carbocycles. The van der Waals surface area contributed by atoms with Gasteiger partial charge in [0, 0.05) is 11.9 Å². The lowest BCUT2D eigenvalue weighted by Gasteiger charge is -2.10. The summed E-state index contributed by atoms with van der Waals surface area (Å²) in [6.07, 6.45) is 3.10.